The molecule has 2 heteroatoms. The topological polar surface area (TPSA) is 38.9 Å². The first kappa shape index (κ1) is 9.46. The molecule has 0 unspecified atom stereocenters. The average molecular weight is 196 g/mol. The Kier molecular flexibility index (Phi) is 2.79. The molecular formula is C13H12N2. The number of hydrogen-bond donors (Lipinski definition) is 1. The van der Waals surface area contributed by atoms with Crippen molar-refractivity contribution in [1.29, 1.82) is 0 Å². The number of rotatable bonds is 2. The maximum absolute atomic E-state index is 5.58. The second-order valence-electron chi connectivity index (χ2n) is 3.26. The van der Waals surface area contributed by atoms with E-state index >= 15 is 0 Å². The molecule has 0 amide bonds. The smallest absolute Gasteiger partial charge is 0.123 e. The molecule has 1 aromatic carbocycles. The molecular weight excluding hydrogens is 184 g/mol. The summed E-state index contributed by atoms with van der Waals surface area (Å²) in [5, 5.41) is 0. The summed E-state index contributed by atoms with van der Waals surface area (Å²) in [7, 11) is 0. The molecule has 0 saturated carbocycles. The molecule has 2 aromatic rings. The van der Waals surface area contributed by atoms with E-state index in [9.17, 15) is 0 Å². The molecule has 2 nitrogen and oxygen atoms in total. The van der Waals surface area contributed by atoms with Crippen molar-refractivity contribution in [1.82, 2.24) is 4.98 Å². The number of aromatic nitrogens is 1. The Labute approximate surface area is 89.1 Å². The van der Waals surface area contributed by atoms with Gasteiger partial charge in [-0.3, -0.25) is 0 Å². The second-order valence-corrected chi connectivity index (χ2v) is 3.26. The maximum atomic E-state index is 5.58. The highest BCUT2D eigenvalue weighted by Gasteiger charge is 1.89. The second kappa shape index (κ2) is 4.42. The Morgan fingerprint density at radius 1 is 0.933 bits per heavy atom. The van der Waals surface area contributed by atoms with Gasteiger partial charge in [-0.2, -0.15) is 0 Å². The van der Waals surface area contributed by atoms with Gasteiger partial charge in [-0.25, -0.2) is 4.98 Å². The molecule has 1 aromatic heterocycles. The number of benzene rings is 1. The van der Waals surface area contributed by atoms with Gasteiger partial charge in [0.1, 0.15) is 5.82 Å². The Hall–Kier alpha value is -2.09. The molecule has 0 atom stereocenters. The van der Waals surface area contributed by atoms with Crippen LogP contribution in [0.4, 0.5) is 5.82 Å². The van der Waals surface area contributed by atoms with Gasteiger partial charge in [0.2, 0.25) is 0 Å². The Bertz CT molecular complexity index is 461. The van der Waals surface area contributed by atoms with E-state index in [1.54, 1.807) is 6.20 Å². The summed E-state index contributed by atoms with van der Waals surface area (Å²) >= 11 is 0. The lowest BCUT2D eigenvalue weighted by Gasteiger charge is -1.95. The molecule has 74 valence electrons. The Balaban J connectivity index is 2.19. The zero-order valence-corrected chi connectivity index (χ0v) is 8.30. The molecule has 1 heterocycles. The van der Waals surface area contributed by atoms with Crippen molar-refractivity contribution in [3.8, 4) is 0 Å². The van der Waals surface area contributed by atoms with Crippen LogP contribution in [0.2, 0.25) is 0 Å². The predicted octanol–water partition coefficient (Wildman–Crippen LogP) is 2.83. The van der Waals surface area contributed by atoms with Crippen LogP contribution in [-0.2, 0) is 0 Å². The van der Waals surface area contributed by atoms with Gasteiger partial charge in [-0.15, -0.1) is 0 Å². The van der Waals surface area contributed by atoms with Gasteiger partial charge in [-0.1, -0.05) is 42.5 Å². The quantitative estimate of drug-likeness (QED) is 0.802. The number of anilines is 1. The molecule has 0 saturated heterocycles. The lowest BCUT2D eigenvalue weighted by Crippen LogP contribution is -1.88. The van der Waals surface area contributed by atoms with Gasteiger partial charge < -0.3 is 5.73 Å². The molecule has 0 fully saturated rings. The lowest BCUT2D eigenvalue weighted by molar-refractivity contribution is 1.33. The monoisotopic (exact) mass is 196 g/mol. The fourth-order valence-corrected chi connectivity index (χ4v) is 1.33. The van der Waals surface area contributed by atoms with Crippen molar-refractivity contribution in [3.63, 3.8) is 0 Å². The first-order valence-corrected chi connectivity index (χ1v) is 4.79. The zero-order chi connectivity index (χ0) is 10.5. The third-order valence-corrected chi connectivity index (χ3v) is 2.07. The molecule has 2 rings (SSSR count). The largest absolute Gasteiger partial charge is 0.384 e. The normalized spacial score (nSPS) is 10.7. The summed E-state index contributed by atoms with van der Waals surface area (Å²) in [4.78, 5) is 3.94. The van der Waals surface area contributed by atoms with Crippen LogP contribution in [0, 0.1) is 0 Å². The Morgan fingerprint density at radius 2 is 1.67 bits per heavy atom. The van der Waals surface area contributed by atoms with Crippen LogP contribution in [0.1, 0.15) is 11.1 Å². The zero-order valence-electron chi connectivity index (χ0n) is 8.30. The molecule has 0 aliphatic carbocycles. The molecule has 0 aliphatic heterocycles. The van der Waals surface area contributed by atoms with Gasteiger partial charge in [-0.05, 0) is 23.3 Å². The van der Waals surface area contributed by atoms with Crippen molar-refractivity contribution in [2.45, 2.75) is 0 Å². The van der Waals surface area contributed by atoms with E-state index in [4.69, 9.17) is 5.73 Å². The first-order valence-electron chi connectivity index (χ1n) is 4.79. The summed E-state index contributed by atoms with van der Waals surface area (Å²) in [5.41, 5.74) is 7.82. The first-order chi connectivity index (χ1) is 7.34. The molecule has 0 bridgehead atoms. The lowest BCUT2D eigenvalue weighted by atomic mass is 10.1. The van der Waals surface area contributed by atoms with Crippen molar-refractivity contribution in [2.75, 3.05) is 5.73 Å². The van der Waals surface area contributed by atoms with E-state index in [0.717, 1.165) is 5.56 Å². The number of nitrogens with two attached hydrogens (primary N) is 1. The summed E-state index contributed by atoms with van der Waals surface area (Å²) in [5.74, 6) is 0.546. The van der Waals surface area contributed by atoms with Gasteiger partial charge in [0.15, 0.2) is 0 Å². The van der Waals surface area contributed by atoms with Crippen LogP contribution in [0.15, 0.2) is 48.7 Å². The molecule has 15 heavy (non-hydrogen) atoms. The van der Waals surface area contributed by atoms with Crippen molar-refractivity contribution in [2.24, 2.45) is 0 Å². The highest BCUT2D eigenvalue weighted by molar-refractivity contribution is 5.70. The van der Waals surface area contributed by atoms with Gasteiger partial charge >= 0.3 is 0 Å². The Morgan fingerprint density at radius 3 is 2.40 bits per heavy atom. The molecule has 0 aliphatic rings. The van der Waals surface area contributed by atoms with Gasteiger partial charge in [0.25, 0.3) is 0 Å². The predicted molar refractivity (Wildman–Crippen MR) is 64.0 cm³/mol. The summed E-state index contributed by atoms with van der Waals surface area (Å²) in [6.45, 7) is 0. The number of pyridine rings is 1. The van der Waals surface area contributed by atoms with Gasteiger partial charge in [0, 0.05) is 6.20 Å². The molecule has 0 radical (unpaired) electrons. The summed E-state index contributed by atoms with van der Waals surface area (Å²) in [6.07, 6.45) is 5.78. The van der Waals surface area contributed by atoms with Crippen molar-refractivity contribution < 1.29 is 0 Å². The van der Waals surface area contributed by atoms with E-state index in [2.05, 4.69) is 23.2 Å². The summed E-state index contributed by atoms with van der Waals surface area (Å²) < 4.78 is 0. The molecule has 2 N–H and O–H groups in total. The number of nitrogens with zero attached hydrogens (tertiary/aromatic N) is 1. The van der Waals surface area contributed by atoms with Crippen LogP contribution >= 0.6 is 0 Å². The summed E-state index contributed by atoms with van der Waals surface area (Å²) in [6, 6.07) is 13.9. The van der Waals surface area contributed by atoms with Crippen LogP contribution in [0.25, 0.3) is 12.2 Å². The van der Waals surface area contributed by atoms with Crippen LogP contribution < -0.4 is 5.73 Å². The fraction of sp³-hybridized carbons (Fsp3) is 0. The third kappa shape index (κ3) is 2.68. The van der Waals surface area contributed by atoms with Crippen LogP contribution in [0.3, 0.4) is 0 Å². The number of nitrogen functional groups attached to an aromatic ring is 1. The maximum Gasteiger partial charge on any atom is 0.123 e. The SMILES string of the molecule is Nc1cc(C=Cc2ccccc2)ccn1. The average Bonchev–Trinajstić information content (AvgIpc) is 2.28. The van der Waals surface area contributed by atoms with Gasteiger partial charge in [0.05, 0.1) is 0 Å². The standard InChI is InChI=1S/C13H12N2/c14-13-10-12(8-9-15-13)7-6-11-4-2-1-3-5-11/h1-10H,(H2,14,15). The highest BCUT2D eigenvalue weighted by Crippen LogP contribution is 2.09. The van der Waals surface area contributed by atoms with Crippen LogP contribution in [-0.4, -0.2) is 4.98 Å². The minimum absolute atomic E-state index is 0.546. The minimum atomic E-state index is 0.546. The highest BCUT2D eigenvalue weighted by atomic mass is 14.8. The van der Waals surface area contributed by atoms with E-state index < -0.39 is 0 Å². The molecule has 0 spiro atoms. The van der Waals surface area contributed by atoms with Crippen molar-refractivity contribution >= 4 is 18.0 Å². The van der Waals surface area contributed by atoms with E-state index in [1.807, 2.05) is 36.4 Å². The third-order valence-electron chi connectivity index (χ3n) is 2.07. The minimum Gasteiger partial charge on any atom is -0.384 e. The van der Waals surface area contributed by atoms with E-state index in [1.165, 1.54) is 5.56 Å². The van der Waals surface area contributed by atoms with Crippen molar-refractivity contribution in [3.05, 3.63) is 59.8 Å². The van der Waals surface area contributed by atoms with E-state index in [0.29, 0.717) is 5.82 Å². The fourth-order valence-electron chi connectivity index (χ4n) is 1.33. The van der Waals surface area contributed by atoms with Crippen LogP contribution in [0.5, 0.6) is 0 Å². The number of hydrogen-bond acceptors (Lipinski definition) is 2. The van der Waals surface area contributed by atoms with E-state index in [-0.39, 0.29) is 0 Å².